The van der Waals surface area contributed by atoms with Gasteiger partial charge in [0.1, 0.15) is 11.4 Å². The second-order valence-corrected chi connectivity index (χ2v) is 9.09. The van der Waals surface area contributed by atoms with E-state index in [1.165, 1.54) is 0 Å². The van der Waals surface area contributed by atoms with Crippen LogP contribution < -0.4 is 10.9 Å². The van der Waals surface area contributed by atoms with Crippen molar-refractivity contribution in [3.05, 3.63) is 46.8 Å². The molecule has 164 valence electrons. The number of nitrogens with zero attached hydrogens (tertiary/aromatic N) is 4. The summed E-state index contributed by atoms with van der Waals surface area (Å²) in [5.41, 5.74) is 1.63. The summed E-state index contributed by atoms with van der Waals surface area (Å²) >= 11 is 0. The maximum atomic E-state index is 13.7. The molecule has 1 aliphatic carbocycles. The Kier molecular flexibility index (Phi) is 5.33. The maximum Gasteiger partial charge on any atom is 0.408 e. The van der Waals surface area contributed by atoms with Gasteiger partial charge in [0.25, 0.3) is 5.56 Å². The van der Waals surface area contributed by atoms with Gasteiger partial charge in [-0.1, -0.05) is 19.1 Å². The van der Waals surface area contributed by atoms with Gasteiger partial charge in [0.15, 0.2) is 0 Å². The Morgan fingerprint density at radius 1 is 1.32 bits per heavy atom. The van der Waals surface area contributed by atoms with Crippen molar-refractivity contribution in [3.63, 3.8) is 0 Å². The molecule has 0 aliphatic heterocycles. The molecule has 0 radical (unpaired) electrons. The lowest BCUT2D eigenvalue weighted by Gasteiger charge is -2.25. The van der Waals surface area contributed by atoms with Gasteiger partial charge < -0.3 is 10.1 Å². The number of fused-ring (bicyclic) bond motifs is 1. The number of nitrogens with one attached hydrogen (secondary N) is 1. The van der Waals surface area contributed by atoms with E-state index in [4.69, 9.17) is 9.72 Å². The molecular formula is C23H29N5O3. The number of carbonyl (C=O) groups excluding carboxylic acids is 1. The smallest absolute Gasteiger partial charge is 0.408 e. The maximum absolute atomic E-state index is 13.7. The van der Waals surface area contributed by atoms with Crippen LogP contribution in [0, 0.1) is 0 Å². The first-order valence-corrected chi connectivity index (χ1v) is 10.7. The molecule has 1 N–H and O–H groups in total. The highest BCUT2D eigenvalue weighted by Gasteiger charge is 2.32. The molecule has 1 saturated carbocycles. The van der Waals surface area contributed by atoms with Gasteiger partial charge in [0.2, 0.25) is 0 Å². The third kappa shape index (κ3) is 4.33. The largest absolute Gasteiger partial charge is 0.444 e. The number of amides is 1. The van der Waals surface area contributed by atoms with Gasteiger partial charge in [0, 0.05) is 24.8 Å². The normalized spacial score (nSPS) is 15.1. The number of hydrogen-bond donors (Lipinski definition) is 1. The standard InChI is InChI=1S/C23H29N5O3/c1-6-17(26-22(30)31-23(2,3)4)20-25-18-9-7-8-16(14-12-24-27(5)13-14)19(18)21(29)28(20)15-10-11-15/h7-9,12-13,15,17H,6,10-11H2,1-5H3,(H,26,30). The van der Waals surface area contributed by atoms with Crippen LogP contribution in [0.1, 0.15) is 64.9 Å². The van der Waals surface area contributed by atoms with E-state index in [0.717, 1.165) is 24.0 Å². The number of benzene rings is 1. The van der Waals surface area contributed by atoms with Crippen molar-refractivity contribution in [3.8, 4) is 11.1 Å². The lowest BCUT2D eigenvalue weighted by atomic mass is 10.0. The van der Waals surface area contributed by atoms with E-state index in [1.54, 1.807) is 15.4 Å². The lowest BCUT2D eigenvalue weighted by molar-refractivity contribution is 0.0498. The van der Waals surface area contributed by atoms with Crippen molar-refractivity contribution in [1.82, 2.24) is 24.6 Å². The zero-order valence-electron chi connectivity index (χ0n) is 18.7. The fourth-order valence-electron chi connectivity index (χ4n) is 3.79. The van der Waals surface area contributed by atoms with Crippen LogP contribution >= 0.6 is 0 Å². The van der Waals surface area contributed by atoms with Crippen LogP contribution in [0.2, 0.25) is 0 Å². The van der Waals surface area contributed by atoms with Gasteiger partial charge in [0.05, 0.1) is 23.1 Å². The van der Waals surface area contributed by atoms with E-state index in [0.29, 0.717) is 23.1 Å². The molecule has 1 aliphatic rings. The van der Waals surface area contributed by atoms with Crippen LogP contribution in [0.3, 0.4) is 0 Å². The van der Waals surface area contributed by atoms with Gasteiger partial charge >= 0.3 is 6.09 Å². The molecule has 1 amide bonds. The molecule has 1 unspecified atom stereocenters. The van der Waals surface area contributed by atoms with Crippen LogP contribution in [0.15, 0.2) is 35.4 Å². The summed E-state index contributed by atoms with van der Waals surface area (Å²) in [6.45, 7) is 7.42. The van der Waals surface area contributed by atoms with E-state index in [9.17, 15) is 9.59 Å². The number of aromatic nitrogens is 4. The second-order valence-electron chi connectivity index (χ2n) is 9.09. The molecular weight excluding hydrogens is 394 g/mol. The molecule has 0 spiro atoms. The predicted octanol–water partition coefficient (Wildman–Crippen LogP) is 4.11. The second kappa shape index (κ2) is 7.83. The Labute approximate surface area is 181 Å². The molecule has 0 saturated heterocycles. The first-order valence-electron chi connectivity index (χ1n) is 10.7. The Balaban J connectivity index is 1.84. The van der Waals surface area contributed by atoms with Crippen molar-refractivity contribution in [2.75, 3.05) is 0 Å². The fourth-order valence-corrected chi connectivity index (χ4v) is 3.79. The molecule has 8 nitrogen and oxygen atoms in total. The predicted molar refractivity (Wildman–Crippen MR) is 119 cm³/mol. The zero-order valence-corrected chi connectivity index (χ0v) is 18.7. The fraction of sp³-hybridized carbons (Fsp3) is 0.478. The lowest BCUT2D eigenvalue weighted by Crippen LogP contribution is -2.38. The summed E-state index contributed by atoms with van der Waals surface area (Å²) < 4.78 is 8.92. The van der Waals surface area contributed by atoms with Crippen LogP contribution in [-0.4, -0.2) is 31.0 Å². The molecule has 3 aromatic rings. The van der Waals surface area contributed by atoms with E-state index < -0.39 is 17.7 Å². The number of ether oxygens (including phenoxy) is 1. The van der Waals surface area contributed by atoms with Crippen molar-refractivity contribution in [2.45, 2.75) is 64.6 Å². The highest BCUT2D eigenvalue weighted by atomic mass is 16.6. The minimum atomic E-state index is -0.603. The van der Waals surface area contributed by atoms with E-state index in [2.05, 4.69) is 10.4 Å². The zero-order chi connectivity index (χ0) is 22.3. The van der Waals surface area contributed by atoms with E-state index in [-0.39, 0.29) is 11.6 Å². The van der Waals surface area contributed by atoms with Crippen LogP contribution in [0.5, 0.6) is 0 Å². The minimum absolute atomic E-state index is 0.0774. The highest BCUT2D eigenvalue weighted by molar-refractivity contribution is 5.93. The van der Waals surface area contributed by atoms with E-state index >= 15 is 0 Å². The first kappa shape index (κ1) is 21.1. The van der Waals surface area contributed by atoms with Gasteiger partial charge in [-0.15, -0.1) is 0 Å². The quantitative estimate of drug-likeness (QED) is 0.667. The SMILES string of the molecule is CCC(NC(=O)OC(C)(C)C)c1nc2cccc(-c3cnn(C)c3)c2c(=O)n1C1CC1. The van der Waals surface area contributed by atoms with Gasteiger partial charge in [-0.25, -0.2) is 9.78 Å². The Hall–Kier alpha value is -3.16. The van der Waals surface area contributed by atoms with Crippen LogP contribution in [0.4, 0.5) is 4.79 Å². The van der Waals surface area contributed by atoms with Gasteiger partial charge in [-0.3, -0.25) is 14.0 Å². The summed E-state index contributed by atoms with van der Waals surface area (Å²) in [6, 6.07) is 5.35. The summed E-state index contributed by atoms with van der Waals surface area (Å²) in [5.74, 6) is 0.580. The Bertz CT molecular complexity index is 1180. The van der Waals surface area contributed by atoms with Gasteiger partial charge in [-0.05, 0) is 51.7 Å². The van der Waals surface area contributed by atoms with Crippen molar-refractivity contribution < 1.29 is 9.53 Å². The van der Waals surface area contributed by atoms with Crippen LogP contribution in [-0.2, 0) is 11.8 Å². The van der Waals surface area contributed by atoms with Gasteiger partial charge in [-0.2, -0.15) is 5.10 Å². The van der Waals surface area contributed by atoms with E-state index in [1.807, 2.05) is 59.1 Å². The molecule has 4 rings (SSSR count). The molecule has 8 heteroatoms. The summed E-state index contributed by atoms with van der Waals surface area (Å²) in [5, 5.41) is 7.74. The highest BCUT2D eigenvalue weighted by Crippen LogP contribution is 2.37. The number of hydrogen-bond acceptors (Lipinski definition) is 5. The van der Waals surface area contributed by atoms with Crippen molar-refractivity contribution in [1.29, 1.82) is 0 Å². The third-order valence-electron chi connectivity index (χ3n) is 5.30. The van der Waals surface area contributed by atoms with Crippen molar-refractivity contribution >= 4 is 17.0 Å². The molecule has 1 atom stereocenters. The topological polar surface area (TPSA) is 91.0 Å². The number of rotatable bonds is 5. The average molecular weight is 424 g/mol. The Morgan fingerprint density at radius 3 is 2.65 bits per heavy atom. The van der Waals surface area contributed by atoms with Crippen LogP contribution in [0.25, 0.3) is 22.0 Å². The first-order chi connectivity index (χ1) is 14.7. The molecule has 1 fully saturated rings. The molecule has 2 aromatic heterocycles. The summed E-state index contributed by atoms with van der Waals surface area (Å²) in [7, 11) is 1.85. The average Bonchev–Trinajstić information content (AvgIpc) is 3.43. The number of alkyl carbamates (subject to hydrolysis) is 1. The summed E-state index contributed by atoms with van der Waals surface area (Å²) in [6.07, 6.45) is 5.58. The third-order valence-corrected chi connectivity index (χ3v) is 5.30. The Morgan fingerprint density at radius 2 is 2.06 bits per heavy atom. The monoisotopic (exact) mass is 423 g/mol. The molecule has 1 aromatic carbocycles. The van der Waals surface area contributed by atoms with Crippen molar-refractivity contribution in [2.24, 2.45) is 7.05 Å². The number of aryl methyl sites for hydroxylation is 1. The molecule has 0 bridgehead atoms. The molecule has 31 heavy (non-hydrogen) atoms. The summed E-state index contributed by atoms with van der Waals surface area (Å²) in [4.78, 5) is 31.0. The minimum Gasteiger partial charge on any atom is -0.444 e. The number of carbonyl (C=O) groups is 1. The molecule has 2 heterocycles.